The number of carbonyl (C=O) groups is 9. The van der Waals surface area contributed by atoms with Gasteiger partial charge < -0.3 is 58.4 Å². The molecular weight excluding hydrogens is 748 g/mol. The van der Waals surface area contributed by atoms with Crippen molar-refractivity contribution in [1.82, 2.24) is 31.6 Å². The summed E-state index contributed by atoms with van der Waals surface area (Å²) in [5.41, 5.74) is 12.3. The van der Waals surface area contributed by atoms with Gasteiger partial charge in [-0.1, -0.05) is 52.3 Å². The Kier molecular flexibility index (Phi) is 18.6. The summed E-state index contributed by atoms with van der Waals surface area (Å²) < 4.78 is 0. The number of fused-ring (bicyclic) bond motifs is 1. The molecule has 0 spiro atoms. The Bertz CT molecular complexity index is 1780. The lowest BCUT2D eigenvalue weighted by molar-refractivity contribution is -0.144. The zero-order valence-corrected chi connectivity index (χ0v) is 32.3. The van der Waals surface area contributed by atoms with Crippen LogP contribution in [0.5, 0.6) is 0 Å². The molecule has 1 heterocycles. The van der Waals surface area contributed by atoms with Crippen molar-refractivity contribution in [3.63, 3.8) is 0 Å². The molecule has 0 bridgehead atoms. The molecular formula is C37H54N8O12. The third-order valence-corrected chi connectivity index (χ3v) is 9.17. The number of primary amides is 1. The molecule has 0 unspecified atom stereocenters. The molecule has 0 saturated carbocycles. The second kappa shape index (κ2) is 22.5. The summed E-state index contributed by atoms with van der Waals surface area (Å²) in [6.07, 6.45) is -0.787. The van der Waals surface area contributed by atoms with Crippen LogP contribution in [0.15, 0.2) is 30.5 Å². The molecule has 20 nitrogen and oxygen atoms in total. The lowest BCUT2D eigenvalue weighted by atomic mass is 9.97. The van der Waals surface area contributed by atoms with Crippen LogP contribution in [0, 0.1) is 11.8 Å². The van der Waals surface area contributed by atoms with Crippen molar-refractivity contribution >= 4 is 64.3 Å². The van der Waals surface area contributed by atoms with Crippen LogP contribution in [0.4, 0.5) is 0 Å². The van der Waals surface area contributed by atoms with E-state index in [1.54, 1.807) is 58.2 Å². The minimum atomic E-state index is -1.62. The van der Waals surface area contributed by atoms with E-state index in [0.29, 0.717) is 17.4 Å². The summed E-state index contributed by atoms with van der Waals surface area (Å²) in [4.78, 5) is 117. The van der Waals surface area contributed by atoms with Crippen molar-refractivity contribution in [2.24, 2.45) is 23.3 Å². The van der Waals surface area contributed by atoms with Crippen LogP contribution in [0.3, 0.4) is 0 Å². The number of carboxylic acid groups (broad SMARTS) is 3. The molecule has 0 radical (unpaired) electrons. The lowest BCUT2D eigenvalue weighted by Crippen LogP contribution is -2.60. The van der Waals surface area contributed by atoms with E-state index in [1.165, 1.54) is 0 Å². The molecule has 6 amide bonds. The van der Waals surface area contributed by atoms with Gasteiger partial charge in [-0.3, -0.25) is 38.4 Å². The molecule has 0 saturated heterocycles. The molecule has 13 N–H and O–H groups in total. The van der Waals surface area contributed by atoms with Crippen LogP contribution in [0.1, 0.15) is 78.2 Å². The highest BCUT2D eigenvalue weighted by molar-refractivity contribution is 5.97. The summed E-state index contributed by atoms with van der Waals surface area (Å²) in [5, 5.41) is 41.2. The van der Waals surface area contributed by atoms with Gasteiger partial charge in [-0.15, -0.1) is 0 Å². The van der Waals surface area contributed by atoms with E-state index in [4.69, 9.17) is 16.6 Å². The monoisotopic (exact) mass is 802 g/mol. The lowest BCUT2D eigenvalue weighted by Gasteiger charge is -2.28. The van der Waals surface area contributed by atoms with Crippen LogP contribution in [0.2, 0.25) is 0 Å². The summed E-state index contributed by atoms with van der Waals surface area (Å²) in [7, 11) is 0. The highest BCUT2D eigenvalue weighted by Gasteiger charge is 2.34. The van der Waals surface area contributed by atoms with Crippen molar-refractivity contribution in [1.29, 1.82) is 0 Å². The zero-order valence-electron chi connectivity index (χ0n) is 32.3. The van der Waals surface area contributed by atoms with E-state index in [9.17, 15) is 53.4 Å². The smallest absolute Gasteiger partial charge is 0.326 e. The van der Waals surface area contributed by atoms with Crippen LogP contribution in [-0.4, -0.2) is 110 Å². The number of aromatic nitrogens is 1. The van der Waals surface area contributed by atoms with Crippen LogP contribution in [0.25, 0.3) is 10.9 Å². The fraction of sp³-hybridized carbons (Fsp3) is 0.541. The number of benzene rings is 1. The number of rotatable bonds is 25. The second-order valence-electron chi connectivity index (χ2n) is 14.3. The van der Waals surface area contributed by atoms with Gasteiger partial charge in [0.2, 0.25) is 35.4 Å². The van der Waals surface area contributed by atoms with Crippen molar-refractivity contribution in [3.8, 4) is 0 Å². The van der Waals surface area contributed by atoms with Gasteiger partial charge in [-0.05, 0) is 42.7 Å². The Labute approximate surface area is 328 Å². The number of para-hydroxylation sites is 1. The highest BCUT2D eigenvalue weighted by atomic mass is 16.4. The first kappa shape index (κ1) is 47.1. The molecule has 20 heteroatoms. The largest absolute Gasteiger partial charge is 0.481 e. The quantitative estimate of drug-likeness (QED) is 0.0589. The number of amides is 6. The van der Waals surface area contributed by atoms with Crippen molar-refractivity contribution in [2.45, 2.75) is 115 Å². The Balaban J connectivity index is 2.45. The molecule has 314 valence electrons. The number of carboxylic acids is 3. The third-order valence-electron chi connectivity index (χ3n) is 9.17. The van der Waals surface area contributed by atoms with Crippen LogP contribution >= 0.6 is 0 Å². The van der Waals surface area contributed by atoms with Crippen LogP contribution < -0.4 is 38.1 Å². The maximum absolute atomic E-state index is 13.9. The zero-order chi connectivity index (χ0) is 43.0. The Morgan fingerprint density at radius 2 is 1.23 bits per heavy atom. The number of nitrogens with two attached hydrogens (primary N) is 2. The summed E-state index contributed by atoms with van der Waals surface area (Å²) in [6, 6.07) is -1.65. The molecule has 7 atom stereocenters. The molecule has 2 rings (SSSR count). The van der Waals surface area contributed by atoms with Gasteiger partial charge in [0, 0.05) is 36.4 Å². The molecule has 0 aliphatic carbocycles. The number of aliphatic carboxylic acids is 3. The van der Waals surface area contributed by atoms with Crippen molar-refractivity contribution in [2.75, 3.05) is 0 Å². The van der Waals surface area contributed by atoms with Gasteiger partial charge in [-0.2, -0.15) is 0 Å². The number of hydrogen-bond donors (Lipinski definition) is 11. The highest BCUT2D eigenvalue weighted by Crippen LogP contribution is 2.20. The Hall–Kier alpha value is -6.05. The summed E-state index contributed by atoms with van der Waals surface area (Å²) >= 11 is 0. The van der Waals surface area contributed by atoms with Gasteiger partial charge in [0.25, 0.3) is 0 Å². The van der Waals surface area contributed by atoms with Gasteiger partial charge in [0.1, 0.15) is 30.2 Å². The number of nitrogens with one attached hydrogen (secondary N) is 6. The van der Waals surface area contributed by atoms with E-state index in [2.05, 4.69) is 31.6 Å². The Morgan fingerprint density at radius 3 is 1.75 bits per heavy atom. The maximum atomic E-state index is 13.9. The summed E-state index contributed by atoms with van der Waals surface area (Å²) in [5.74, 6) is -10.3. The fourth-order valence-corrected chi connectivity index (χ4v) is 5.84. The van der Waals surface area contributed by atoms with E-state index >= 15 is 0 Å². The first-order valence-corrected chi connectivity index (χ1v) is 18.5. The van der Waals surface area contributed by atoms with Crippen molar-refractivity contribution < 1.29 is 58.5 Å². The minimum Gasteiger partial charge on any atom is -0.481 e. The normalized spacial score (nSPS) is 14.8. The van der Waals surface area contributed by atoms with Gasteiger partial charge in [0.15, 0.2) is 0 Å². The SMILES string of the molecule is CC[C@H](C)[C@H](NC(=O)[C@H](Cc1c[nH]c2ccccc12)NC(=O)[C@H](CCC(N)=O)NC(=O)[C@H](CCC(=O)O)NC(=O)[C@H](CC(C)C)NC(=O)[C@@H](N)CC(=O)O)C(=O)O. The van der Waals surface area contributed by atoms with E-state index in [-0.39, 0.29) is 18.8 Å². The van der Waals surface area contributed by atoms with Crippen molar-refractivity contribution in [3.05, 3.63) is 36.0 Å². The molecule has 0 fully saturated rings. The fourth-order valence-electron chi connectivity index (χ4n) is 5.84. The first-order chi connectivity index (χ1) is 26.7. The standard InChI is InChI=1S/C37H54N8O12/c1-5-19(4)31(37(56)57)45-36(55)27(15-20-17-40-23-9-7-6-8-21(20)23)44-34(53)24(10-12-28(39)46)41-33(52)25(11-13-29(47)48)42-35(54)26(14-18(2)3)43-32(51)22(38)16-30(49)50/h6-9,17-19,22,24-27,31,40H,5,10-16,38H2,1-4H3,(H2,39,46)(H,41,52)(H,42,54)(H,43,51)(H,44,53)(H,45,55)(H,47,48)(H,49,50)(H,56,57)/t19-,22-,24-,25-,26-,27-,31-/m0/s1. The molecule has 0 aliphatic heterocycles. The van der Waals surface area contributed by atoms with Gasteiger partial charge in [-0.25, -0.2) is 4.79 Å². The van der Waals surface area contributed by atoms with Crippen LogP contribution in [-0.2, 0) is 49.6 Å². The number of hydrogen-bond acceptors (Lipinski definition) is 10. The predicted octanol–water partition coefficient (Wildman–Crippen LogP) is -0.756. The summed E-state index contributed by atoms with van der Waals surface area (Å²) in [6.45, 7) is 6.82. The number of H-pyrrole nitrogens is 1. The van der Waals surface area contributed by atoms with E-state index < -0.39 is 128 Å². The van der Waals surface area contributed by atoms with Gasteiger partial charge in [0.05, 0.1) is 12.5 Å². The number of carbonyl (C=O) groups excluding carboxylic acids is 6. The molecule has 1 aromatic heterocycles. The third kappa shape index (κ3) is 15.5. The molecule has 1 aromatic carbocycles. The van der Waals surface area contributed by atoms with E-state index in [0.717, 1.165) is 5.52 Å². The predicted molar refractivity (Wildman–Crippen MR) is 204 cm³/mol. The van der Waals surface area contributed by atoms with E-state index in [1.807, 2.05) is 0 Å². The second-order valence-corrected chi connectivity index (χ2v) is 14.3. The number of aromatic amines is 1. The molecule has 57 heavy (non-hydrogen) atoms. The van der Waals surface area contributed by atoms with Gasteiger partial charge >= 0.3 is 17.9 Å². The molecule has 0 aliphatic rings. The average Bonchev–Trinajstić information content (AvgIpc) is 3.54. The topological polar surface area (TPSA) is 342 Å². The minimum absolute atomic E-state index is 0.00787. The average molecular weight is 803 g/mol. The Morgan fingerprint density at radius 1 is 0.702 bits per heavy atom. The maximum Gasteiger partial charge on any atom is 0.326 e. The molecule has 2 aromatic rings. The first-order valence-electron chi connectivity index (χ1n) is 18.5.